The van der Waals surface area contributed by atoms with Gasteiger partial charge in [0.15, 0.2) is 0 Å². The molecule has 0 aliphatic carbocycles. The van der Waals surface area contributed by atoms with Gasteiger partial charge >= 0.3 is 0 Å². The molecular formula is C10H12Br2N2O2S2. The third kappa shape index (κ3) is 3.66. The molecule has 4 nitrogen and oxygen atoms in total. The highest BCUT2D eigenvalue weighted by molar-refractivity contribution is 9.11. The maximum Gasteiger partial charge on any atom is 0.242 e. The molecule has 0 radical (unpaired) electrons. The second-order valence-corrected chi connectivity index (χ2v) is 7.59. The zero-order valence-corrected chi connectivity index (χ0v) is 14.3. The largest absolute Gasteiger partial charge is 0.392 e. The number of sulfonamides is 1. The van der Waals surface area contributed by atoms with Crippen molar-refractivity contribution >= 4 is 64.8 Å². The molecular weight excluding hydrogens is 404 g/mol. The van der Waals surface area contributed by atoms with Crippen LogP contribution >= 0.6 is 44.1 Å². The zero-order chi connectivity index (χ0) is 13.9. The van der Waals surface area contributed by atoms with E-state index in [9.17, 15) is 8.42 Å². The lowest BCUT2D eigenvalue weighted by Crippen LogP contribution is -2.37. The van der Waals surface area contributed by atoms with E-state index >= 15 is 0 Å². The summed E-state index contributed by atoms with van der Waals surface area (Å²) in [6, 6.07) is 5.27. The van der Waals surface area contributed by atoms with Crippen LogP contribution < -0.4 is 10.5 Å². The van der Waals surface area contributed by atoms with Crippen LogP contribution in [0.3, 0.4) is 0 Å². The number of para-hydroxylation sites is 1. The third-order valence-corrected chi connectivity index (χ3v) is 5.85. The van der Waals surface area contributed by atoms with Gasteiger partial charge in [-0.25, -0.2) is 8.42 Å². The summed E-state index contributed by atoms with van der Waals surface area (Å²) >= 11 is 11.4. The quantitative estimate of drug-likeness (QED) is 0.725. The molecule has 8 heteroatoms. The molecule has 0 aliphatic heterocycles. The maximum atomic E-state index is 12.2. The summed E-state index contributed by atoms with van der Waals surface area (Å²) in [5.41, 5.74) is 5.89. The summed E-state index contributed by atoms with van der Waals surface area (Å²) in [5, 5.41) is -0.883. The first kappa shape index (κ1) is 15.9. The number of halogens is 2. The summed E-state index contributed by atoms with van der Waals surface area (Å²) in [6.45, 7) is 1.72. The van der Waals surface area contributed by atoms with Gasteiger partial charge in [-0.05, 0) is 50.4 Å². The van der Waals surface area contributed by atoms with Crippen LogP contribution in [0.25, 0.3) is 0 Å². The van der Waals surface area contributed by atoms with E-state index in [1.807, 2.05) is 0 Å². The van der Waals surface area contributed by atoms with E-state index in [2.05, 4.69) is 36.6 Å². The Morgan fingerprint density at radius 3 is 2.33 bits per heavy atom. The van der Waals surface area contributed by atoms with Gasteiger partial charge in [-0.3, -0.25) is 4.72 Å². The van der Waals surface area contributed by atoms with Crippen LogP contribution in [0.2, 0.25) is 0 Å². The van der Waals surface area contributed by atoms with Gasteiger partial charge in [-0.1, -0.05) is 25.2 Å². The van der Waals surface area contributed by atoms with Gasteiger partial charge in [-0.15, -0.1) is 0 Å². The van der Waals surface area contributed by atoms with Crippen LogP contribution in [0.4, 0.5) is 5.69 Å². The summed E-state index contributed by atoms with van der Waals surface area (Å²) < 4.78 is 28.1. The van der Waals surface area contributed by atoms with E-state index in [0.717, 1.165) is 0 Å². The molecule has 3 N–H and O–H groups in total. The Morgan fingerprint density at radius 1 is 1.44 bits per heavy atom. The number of hydrogen-bond donors (Lipinski definition) is 2. The van der Waals surface area contributed by atoms with E-state index in [-0.39, 0.29) is 4.99 Å². The maximum absolute atomic E-state index is 12.2. The minimum Gasteiger partial charge on any atom is -0.392 e. The molecule has 0 bridgehead atoms. The van der Waals surface area contributed by atoms with Crippen LogP contribution in [-0.4, -0.2) is 18.7 Å². The molecule has 0 saturated heterocycles. The zero-order valence-electron chi connectivity index (χ0n) is 9.48. The molecule has 1 rings (SSSR count). The standard InChI is InChI=1S/C10H12Br2N2O2S2/c1-2-8(10(13)17)18(15,16)14-9-6(11)4-3-5-7(9)12/h3-5,8,14H,2H2,1H3,(H2,13,17). The Morgan fingerprint density at radius 2 is 1.94 bits per heavy atom. The van der Waals surface area contributed by atoms with Crippen molar-refractivity contribution in [1.82, 2.24) is 0 Å². The molecule has 0 heterocycles. The minimum absolute atomic E-state index is 0.0341. The molecule has 1 unspecified atom stereocenters. The number of rotatable bonds is 5. The van der Waals surface area contributed by atoms with Crippen molar-refractivity contribution < 1.29 is 8.42 Å². The van der Waals surface area contributed by atoms with Crippen LogP contribution in [0.15, 0.2) is 27.1 Å². The van der Waals surface area contributed by atoms with Gasteiger partial charge in [0.25, 0.3) is 0 Å². The van der Waals surface area contributed by atoms with E-state index in [1.165, 1.54) is 0 Å². The highest BCUT2D eigenvalue weighted by Gasteiger charge is 2.27. The molecule has 18 heavy (non-hydrogen) atoms. The first-order valence-electron chi connectivity index (χ1n) is 5.04. The Balaban J connectivity index is 3.14. The van der Waals surface area contributed by atoms with Crippen molar-refractivity contribution in [2.24, 2.45) is 5.73 Å². The summed E-state index contributed by atoms with van der Waals surface area (Å²) in [7, 11) is -3.65. The molecule has 0 fully saturated rings. The van der Waals surface area contributed by atoms with Crippen molar-refractivity contribution in [3.8, 4) is 0 Å². The second kappa shape index (κ2) is 6.31. The molecule has 100 valence electrons. The first-order chi connectivity index (χ1) is 8.29. The Kier molecular flexibility index (Phi) is 5.57. The fourth-order valence-electron chi connectivity index (χ4n) is 1.38. The van der Waals surface area contributed by atoms with E-state index in [0.29, 0.717) is 21.1 Å². The predicted molar refractivity (Wildman–Crippen MR) is 85.2 cm³/mol. The lowest BCUT2D eigenvalue weighted by Gasteiger charge is -2.17. The third-order valence-electron chi connectivity index (χ3n) is 2.27. The monoisotopic (exact) mass is 414 g/mol. The summed E-state index contributed by atoms with van der Waals surface area (Å²) in [4.78, 5) is -0.0341. The van der Waals surface area contributed by atoms with Gasteiger partial charge in [0.1, 0.15) is 5.25 Å². The van der Waals surface area contributed by atoms with Gasteiger partial charge in [0.05, 0.1) is 10.7 Å². The highest BCUT2D eigenvalue weighted by atomic mass is 79.9. The molecule has 0 aromatic heterocycles. The van der Waals surface area contributed by atoms with Crippen molar-refractivity contribution in [2.75, 3.05) is 4.72 Å². The first-order valence-corrected chi connectivity index (χ1v) is 8.58. The molecule has 1 aromatic rings. The van der Waals surface area contributed by atoms with Gasteiger partial charge in [-0.2, -0.15) is 0 Å². The van der Waals surface area contributed by atoms with Crippen molar-refractivity contribution in [3.63, 3.8) is 0 Å². The lowest BCUT2D eigenvalue weighted by atomic mass is 10.3. The SMILES string of the molecule is CCC(C(N)=S)S(=O)(=O)Nc1c(Br)cccc1Br. The fourth-order valence-corrected chi connectivity index (χ4v) is 4.78. The molecule has 1 aromatic carbocycles. The number of nitrogens with one attached hydrogen (secondary N) is 1. The lowest BCUT2D eigenvalue weighted by molar-refractivity contribution is 0.594. The Hall–Kier alpha value is -0.180. The van der Waals surface area contributed by atoms with E-state index in [4.69, 9.17) is 18.0 Å². The van der Waals surface area contributed by atoms with Crippen LogP contribution in [0.5, 0.6) is 0 Å². The van der Waals surface area contributed by atoms with Gasteiger partial charge in [0.2, 0.25) is 10.0 Å². The normalized spacial score (nSPS) is 13.1. The molecule has 1 atom stereocenters. The van der Waals surface area contributed by atoms with Crippen molar-refractivity contribution in [2.45, 2.75) is 18.6 Å². The molecule has 0 aliphatic rings. The molecule has 0 saturated carbocycles. The predicted octanol–water partition coefficient (Wildman–Crippen LogP) is 3.02. The van der Waals surface area contributed by atoms with Gasteiger partial charge < -0.3 is 5.73 Å². The Labute approximate surface area is 129 Å². The van der Waals surface area contributed by atoms with Crippen LogP contribution in [0.1, 0.15) is 13.3 Å². The van der Waals surface area contributed by atoms with E-state index < -0.39 is 15.3 Å². The average molecular weight is 416 g/mol. The number of nitrogens with two attached hydrogens (primary N) is 1. The molecule has 0 spiro atoms. The summed E-state index contributed by atoms with van der Waals surface area (Å²) in [6.07, 6.45) is 0.326. The number of anilines is 1. The second-order valence-electron chi connectivity index (χ2n) is 3.54. The Bertz CT molecular complexity index is 541. The van der Waals surface area contributed by atoms with Crippen LogP contribution in [0, 0.1) is 0 Å². The van der Waals surface area contributed by atoms with E-state index in [1.54, 1.807) is 25.1 Å². The fraction of sp³-hybridized carbons (Fsp3) is 0.300. The van der Waals surface area contributed by atoms with Crippen molar-refractivity contribution in [3.05, 3.63) is 27.1 Å². The molecule has 0 amide bonds. The van der Waals surface area contributed by atoms with Gasteiger partial charge in [0, 0.05) is 8.95 Å². The average Bonchev–Trinajstić information content (AvgIpc) is 2.23. The van der Waals surface area contributed by atoms with Crippen molar-refractivity contribution in [1.29, 1.82) is 0 Å². The number of hydrogen-bond acceptors (Lipinski definition) is 3. The van der Waals surface area contributed by atoms with Crippen LogP contribution in [-0.2, 0) is 10.0 Å². The minimum atomic E-state index is -3.65. The number of benzene rings is 1. The summed E-state index contributed by atoms with van der Waals surface area (Å²) in [5.74, 6) is 0. The smallest absolute Gasteiger partial charge is 0.242 e. The topological polar surface area (TPSA) is 72.2 Å². The highest BCUT2D eigenvalue weighted by Crippen LogP contribution is 2.32. The number of thiocarbonyl (C=S) groups is 1.